The molecule has 29 heavy (non-hydrogen) atoms. The lowest BCUT2D eigenvalue weighted by atomic mass is 10.1. The lowest BCUT2D eigenvalue weighted by Gasteiger charge is -2.25. The minimum atomic E-state index is 0.127. The largest absolute Gasteiger partial charge is 0.374 e. The van der Waals surface area contributed by atoms with Gasteiger partial charge in [0.1, 0.15) is 0 Å². The molecule has 0 amide bonds. The Balaban J connectivity index is 1.62. The maximum atomic E-state index is 5.96. The minimum Gasteiger partial charge on any atom is -0.374 e. The van der Waals surface area contributed by atoms with E-state index in [1.165, 1.54) is 0 Å². The Morgan fingerprint density at radius 1 is 1.07 bits per heavy atom. The molecule has 5 rings (SSSR count). The summed E-state index contributed by atoms with van der Waals surface area (Å²) in [5.41, 5.74) is 5.26. The summed E-state index contributed by atoms with van der Waals surface area (Å²) in [5, 5.41) is 3.41. The number of benzene rings is 1. The van der Waals surface area contributed by atoms with Crippen molar-refractivity contribution in [1.82, 2.24) is 24.4 Å². The van der Waals surface area contributed by atoms with Crippen molar-refractivity contribution in [2.75, 3.05) is 19.7 Å². The van der Waals surface area contributed by atoms with Crippen LogP contribution in [0.4, 0.5) is 0 Å². The third-order valence-electron chi connectivity index (χ3n) is 5.21. The molecule has 1 saturated heterocycles. The first-order valence-corrected chi connectivity index (χ1v) is 9.91. The smallest absolute Gasteiger partial charge is 0.0978 e. The van der Waals surface area contributed by atoms with E-state index in [-0.39, 0.29) is 6.10 Å². The second kappa shape index (κ2) is 8.03. The maximum absolute atomic E-state index is 5.96. The van der Waals surface area contributed by atoms with Crippen LogP contribution in [0.25, 0.3) is 28.3 Å². The molecule has 1 atom stereocenters. The number of hydrogen-bond donors (Lipinski definition) is 1. The van der Waals surface area contributed by atoms with Crippen molar-refractivity contribution in [2.24, 2.45) is 0 Å². The maximum Gasteiger partial charge on any atom is 0.0978 e. The van der Waals surface area contributed by atoms with E-state index in [4.69, 9.17) is 9.72 Å². The van der Waals surface area contributed by atoms with Gasteiger partial charge in [-0.25, -0.2) is 4.98 Å². The molecular formula is C23H23N5O. The molecule has 6 nitrogen and oxygen atoms in total. The number of ether oxygens (including phenoxy) is 1. The molecule has 1 unspecified atom stereocenters. The molecular weight excluding hydrogens is 362 g/mol. The third kappa shape index (κ3) is 3.60. The van der Waals surface area contributed by atoms with Crippen molar-refractivity contribution < 1.29 is 4.74 Å². The van der Waals surface area contributed by atoms with Crippen LogP contribution in [-0.2, 0) is 11.3 Å². The van der Waals surface area contributed by atoms with E-state index in [0.717, 1.165) is 54.6 Å². The van der Waals surface area contributed by atoms with Gasteiger partial charge in [-0.15, -0.1) is 0 Å². The molecule has 1 fully saturated rings. The van der Waals surface area contributed by atoms with E-state index in [0.29, 0.717) is 0 Å². The zero-order valence-corrected chi connectivity index (χ0v) is 16.1. The fraction of sp³-hybridized carbons (Fsp3) is 0.217. The Hall–Kier alpha value is -3.22. The first-order valence-electron chi connectivity index (χ1n) is 9.91. The molecule has 4 aromatic rings. The van der Waals surface area contributed by atoms with Gasteiger partial charge >= 0.3 is 0 Å². The van der Waals surface area contributed by atoms with Gasteiger partial charge in [-0.1, -0.05) is 30.3 Å². The highest BCUT2D eigenvalue weighted by Gasteiger charge is 2.22. The highest BCUT2D eigenvalue weighted by molar-refractivity contribution is 5.78. The van der Waals surface area contributed by atoms with Gasteiger partial charge in [0, 0.05) is 31.0 Å². The summed E-state index contributed by atoms with van der Waals surface area (Å²) in [4.78, 5) is 9.09. The predicted octanol–water partition coefficient (Wildman–Crippen LogP) is 3.39. The molecule has 146 valence electrons. The van der Waals surface area contributed by atoms with E-state index in [1.54, 1.807) is 6.20 Å². The van der Waals surface area contributed by atoms with Crippen molar-refractivity contribution in [1.29, 1.82) is 0 Å². The zero-order chi connectivity index (χ0) is 19.5. The molecule has 1 aliphatic heterocycles. The van der Waals surface area contributed by atoms with Crippen molar-refractivity contribution in [3.05, 3.63) is 79.5 Å². The van der Waals surface area contributed by atoms with Crippen molar-refractivity contribution in [3.63, 3.8) is 0 Å². The van der Waals surface area contributed by atoms with Gasteiger partial charge < -0.3 is 19.2 Å². The number of hydrogen-bond acceptors (Lipinski definition) is 4. The number of imidazole rings is 1. The number of aromatic nitrogens is 4. The second-order valence-electron chi connectivity index (χ2n) is 7.13. The van der Waals surface area contributed by atoms with Gasteiger partial charge in [-0.05, 0) is 24.3 Å². The molecule has 0 radical (unpaired) electrons. The van der Waals surface area contributed by atoms with Crippen molar-refractivity contribution >= 4 is 0 Å². The topological polar surface area (TPSA) is 56.9 Å². The van der Waals surface area contributed by atoms with E-state index < -0.39 is 0 Å². The fourth-order valence-electron chi connectivity index (χ4n) is 3.85. The zero-order valence-electron chi connectivity index (χ0n) is 16.1. The fourth-order valence-corrected chi connectivity index (χ4v) is 3.85. The molecule has 0 bridgehead atoms. The Kier molecular flexibility index (Phi) is 4.94. The van der Waals surface area contributed by atoms with Crippen molar-refractivity contribution in [3.8, 4) is 28.3 Å². The SMILES string of the molecule is c1ccc(-c2ncn(CC3CNCCO3)c2-c2cccn2-c2cccnc2)cc1. The van der Waals surface area contributed by atoms with Crippen LogP contribution in [-0.4, -0.2) is 44.9 Å². The van der Waals surface area contributed by atoms with Crippen LogP contribution in [0.2, 0.25) is 0 Å². The first-order chi connectivity index (χ1) is 14.4. The van der Waals surface area contributed by atoms with Crippen LogP contribution >= 0.6 is 0 Å². The van der Waals surface area contributed by atoms with Crippen LogP contribution in [0.5, 0.6) is 0 Å². The van der Waals surface area contributed by atoms with Gasteiger partial charge in [0.15, 0.2) is 0 Å². The van der Waals surface area contributed by atoms with E-state index in [2.05, 4.69) is 56.0 Å². The molecule has 0 spiro atoms. The molecule has 1 aromatic carbocycles. The Bertz CT molecular complexity index is 1070. The number of nitrogens with zero attached hydrogens (tertiary/aromatic N) is 4. The summed E-state index contributed by atoms with van der Waals surface area (Å²) in [6.07, 6.45) is 7.79. The van der Waals surface area contributed by atoms with Crippen molar-refractivity contribution in [2.45, 2.75) is 12.6 Å². The lowest BCUT2D eigenvalue weighted by Crippen LogP contribution is -2.40. The molecule has 0 aliphatic carbocycles. The lowest BCUT2D eigenvalue weighted by molar-refractivity contribution is 0.0184. The average Bonchev–Trinajstić information content (AvgIpc) is 3.42. The molecule has 4 heterocycles. The first kappa shape index (κ1) is 17.8. The molecule has 1 aliphatic rings. The molecule has 0 saturated carbocycles. The van der Waals surface area contributed by atoms with Gasteiger partial charge in [-0.3, -0.25) is 4.98 Å². The summed E-state index contributed by atoms with van der Waals surface area (Å²) >= 11 is 0. The number of rotatable bonds is 5. The van der Waals surface area contributed by atoms with Crippen LogP contribution < -0.4 is 5.32 Å². The quantitative estimate of drug-likeness (QED) is 0.572. The Morgan fingerprint density at radius 2 is 2.00 bits per heavy atom. The molecule has 3 aromatic heterocycles. The number of pyridine rings is 1. The minimum absolute atomic E-state index is 0.127. The number of nitrogens with one attached hydrogen (secondary N) is 1. The van der Waals surface area contributed by atoms with Crippen LogP contribution in [0.15, 0.2) is 79.5 Å². The predicted molar refractivity (Wildman–Crippen MR) is 113 cm³/mol. The van der Waals surface area contributed by atoms with Gasteiger partial charge in [0.05, 0.1) is 54.5 Å². The Morgan fingerprint density at radius 3 is 2.79 bits per heavy atom. The number of morpholine rings is 1. The highest BCUT2D eigenvalue weighted by Crippen LogP contribution is 2.33. The monoisotopic (exact) mass is 385 g/mol. The summed E-state index contributed by atoms with van der Waals surface area (Å²) in [5.74, 6) is 0. The summed E-state index contributed by atoms with van der Waals surface area (Å²) in [7, 11) is 0. The molecule has 1 N–H and O–H groups in total. The summed E-state index contributed by atoms with van der Waals surface area (Å²) in [6.45, 7) is 3.25. The van der Waals surface area contributed by atoms with E-state index >= 15 is 0 Å². The van der Waals surface area contributed by atoms with Gasteiger partial charge in [-0.2, -0.15) is 0 Å². The highest BCUT2D eigenvalue weighted by atomic mass is 16.5. The van der Waals surface area contributed by atoms with Crippen LogP contribution in [0.3, 0.4) is 0 Å². The van der Waals surface area contributed by atoms with E-state index in [1.807, 2.05) is 36.8 Å². The van der Waals surface area contributed by atoms with Crippen LogP contribution in [0, 0.1) is 0 Å². The van der Waals surface area contributed by atoms with Crippen LogP contribution in [0.1, 0.15) is 0 Å². The summed E-state index contributed by atoms with van der Waals surface area (Å²) < 4.78 is 10.3. The normalized spacial score (nSPS) is 16.8. The standard InChI is InChI=1S/C23H23N5O/c1-2-6-18(7-3-1)22-23(27(17-26-22)16-20-15-25-11-13-29-20)21-9-5-12-28(21)19-8-4-10-24-14-19/h1-10,12,14,17,20,25H,11,13,15-16H2. The van der Waals surface area contributed by atoms with E-state index in [9.17, 15) is 0 Å². The summed E-state index contributed by atoms with van der Waals surface area (Å²) in [6, 6.07) is 18.5. The Labute approximate surface area is 169 Å². The average molecular weight is 385 g/mol. The molecule has 6 heteroatoms. The third-order valence-corrected chi connectivity index (χ3v) is 5.21. The second-order valence-corrected chi connectivity index (χ2v) is 7.13. The van der Waals surface area contributed by atoms with Gasteiger partial charge in [0.25, 0.3) is 0 Å². The van der Waals surface area contributed by atoms with Gasteiger partial charge in [0.2, 0.25) is 0 Å².